The molecule has 0 aliphatic carbocycles. The molecule has 0 saturated heterocycles. The van der Waals surface area contributed by atoms with Crippen molar-refractivity contribution in [2.45, 2.75) is 19.6 Å². The van der Waals surface area contributed by atoms with Crippen LogP contribution in [0.3, 0.4) is 0 Å². The van der Waals surface area contributed by atoms with Crippen molar-refractivity contribution in [2.24, 2.45) is 0 Å². The first-order valence-corrected chi connectivity index (χ1v) is 12.8. The molecule has 0 amide bonds. The van der Waals surface area contributed by atoms with Crippen molar-refractivity contribution in [2.75, 3.05) is 21.0 Å². The molecule has 1 aromatic heterocycles. The third kappa shape index (κ3) is 6.10. The monoisotopic (exact) mass is 555 g/mol. The number of aliphatic hydroxyl groups excluding tert-OH is 1. The minimum absolute atomic E-state index is 0.0768. The van der Waals surface area contributed by atoms with Gasteiger partial charge < -0.3 is 33.9 Å². The van der Waals surface area contributed by atoms with Crippen molar-refractivity contribution in [1.29, 1.82) is 0 Å². The molecule has 9 heteroatoms. The number of methoxy groups -OCH3 is 2. The van der Waals surface area contributed by atoms with Crippen molar-refractivity contribution in [1.82, 2.24) is 4.98 Å². The lowest BCUT2D eigenvalue weighted by atomic mass is 9.98. The van der Waals surface area contributed by atoms with Gasteiger partial charge in [-0.3, -0.25) is 4.98 Å². The van der Waals surface area contributed by atoms with E-state index in [1.165, 1.54) is 7.11 Å². The molecule has 1 aliphatic heterocycles. The van der Waals surface area contributed by atoms with Crippen LogP contribution in [0.1, 0.15) is 22.3 Å². The highest BCUT2D eigenvalue weighted by atomic mass is 16.7. The maximum Gasteiger partial charge on any atom is 0.331 e. The minimum atomic E-state index is -1.08. The molecule has 9 nitrogen and oxygen atoms in total. The number of pyridine rings is 1. The van der Waals surface area contributed by atoms with Crippen LogP contribution in [-0.4, -0.2) is 42.2 Å². The first-order valence-electron chi connectivity index (χ1n) is 12.8. The number of carboxylic acids is 1. The van der Waals surface area contributed by atoms with Gasteiger partial charge in [-0.25, -0.2) is 4.79 Å². The molecule has 2 heterocycles. The van der Waals surface area contributed by atoms with Crippen LogP contribution < -0.4 is 23.7 Å². The van der Waals surface area contributed by atoms with Gasteiger partial charge in [0, 0.05) is 47.0 Å². The van der Waals surface area contributed by atoms with Crippen molar-refractivity contribution >= 4 is 12.0 Å². The lowest BCUT2D eigenvalue weighted by molar-refractivity contribution is -0.132. The van der Waals surface area contributed by atoms with Crippen LogP contribution in [0.15, 0.2) is 78.5 Å². The Morgan fingerprint density at radius 1 is 0.927 bits per heavy atom. The Hall–Kier alpha value is -5.02. The van der Waals surface area contributed by atoms with E-state index >= 15 is 0 Å². The number of hydrogen-bond donors (Lipinski definition) is 2. The number of aromatic nitrogens is 1. The summed E-state index contributed by atoms with van der Waals surface area (Å²) in [5.74, 6) is 1.60. The molecule has 4 aromatic rings. The molecular formula is C32H29NO8. The molecule has 41 heavy (non-hydrogen) atoms. The van der Waals surface area contributed by atoms with E-state index in [2.05, 4.69) is 4.98 Å². The topological polar surface area (TPSA) is 117 Å². The van der Waals surface area contributed by atoms with Crippen molar-refractivity contribution in [3.8, 4) is 40.0 Å². The number of aliphatic carboxylic acids is 1. The van der Waals surface area contributed by atoms with E-state index in [9.17, 15) is 15.0 Å². The molecule has 0 spiro atoms. The van der Waals surface area contributed by atoms with Gasteiger partial charge in [-0.15, -0.1) is 0 Å². The van der Waals surface area contributed by atoms with Crippen LogP contribution in [-0.2, 0) is 24.4 Å². The van der Waals surface area contributed by atoms with E-state index in [1.807, 2.05) is 30.3 Å². The fraction of sp³-hybridized carbons (Fsp3) is 0.188. The SMILES string of the molecule is COc1ccc(-c2ncccc2/C=C(\Cc2cc3c(cc2OC)OCO3)C(=O)O)c(OCc2ccccc2CO)c1. The fourth-order valence-corrected chi connectivity index (χ4v) is 4.59. The quantitative estimate of drug-likeness (QED) is 0.239. The summed E-state index contributed by atoms with van der Waals surface area (Å²) in [6.45, 7) is 0.200. The molecule has 3 aromatic carbocycles. The van der Waals surface area contributed by atoms with E-state index in [1.54, 1.807) is 55.8 Å². The summed E-state index contributed by atoms with van der Waals surface area (Å²) in [7, 11) is 3.09. The molecule has 0 fully saturated rings. The molecule has 0 saturated carbocycles. The van der Waals surface area contributed by atoms with E-state index in [0.717, 1.165) is 11.1 Å². The van der Waals surface area contributed by atoms with Crippen molar-refractivity contribution in [3.05, 3.63) is 101 Å². The van der Waals surface area contributed by atoms with E-state index < -0.39 is 5.97 Å². The Bertz CT molecular complexity index is 1600. The second kappa shape index (κ2) is 12.4. The van der Waals surface area contributed by atoms with Crippen LogP contribution in [0.4, 0.5) is 0 Å². The molecule has 0 radical (unpaired) electrons. The lowest BCUT2D eigenvalue weighted by Crippen LogP contribution is -2.06. The summed E-state index contributed by atoms with van der Waals surface area (Å²) in [6, 6.07) is 19.8. The normalized spacial score (nSPS) is 12.2. The van der Waals surface area contributed by atoms with Gasteiger partial charge in [0.15, 0.2) is 11.5 Å². The number of hydrogen-bond acceptors (Lipinski definition) is 8. The number of ether oxygens (including phenoxy) is 5. The largest absolute Gasteiger partial charge is 0.497 e. The standard InChI is InChI=1S/C32H29NO8/c1-37-25-9-10-26(28(15-25)39-18-22-7-4-3-6-21(22)17-34)31-20(8-5-11-33-31)12-24(32(35)36)13-23-14-29-30(41-19-40-29)16-27(23)38-2/h3-12,14-16,34H,13,17-19H2,1-2H3,(H,35,36)/b24-12+. The molecule has 210 valence electrons. The zero-order valence-electron chi connectivity index (χ0n) is 22.6. The van der Waals surface area contributed by atoms with E-state index in [4.69, 9.17) is 23.7 Å². The van der Waals surface area contributed by atoms with Crippen molar-refractivity contribution in [3.63, 3.8) is 0 Å². The highest BCUT2D eigenvalue weighted by molar-refractivity contribution is 5.94. The van der Waals surface area contributed by atoms with Gasteiger partial charge in [0.05, 0.1) is 26.5 Å². The number of rotatable bonds is 11. The van der Waals surface area contributed by atoms with Crippen LogP contribution >= 0.6 is 0 Å². The number of carbonyl (C=O) groups is 1. The lowest BCUT2D eigenvalue weighted by Gasteiger charge is -2.16. The average molecular weight is 556 g/mol. The zero-order chi connectivity index (χ0) is 28.8. The summed E-state index contributed by atoms with van der Waals surface area (Å²) in [5, 5.41) is 19.9. The van der Waals surface area contributed by atoms with Crippen LogP contribution in [0, 0.1) is 0 Å². The maximum absolute atomic E-state index is 12.4. The van der Waals surface area contributed by atoms with Gasteiger partial charge in [-0.1, -0.05) is 30.3 Å². The minimum Gasteiger partial charge on any atom is -0.497 e. The highest BCUT2D eigenvalue weighted by Gasteiger charge is 2.21. The number of fused-ring (bicyclic) bond motifs is 1. The van der Waals surface area contributed by atoms with E-state index in [-0.39, 0.29) is 32.0 Å². The van der Waals surface area contributed by atoms with Gasteiger partial charge >= 0.3 is 5.97 Å². The molecule has 0 atom stereocenters. The summed E-state index contributed by atoms with van der Waals surface area (Å²) < 4.78 is 28.1. The van der Waals surface area contributed by atoms with E-state index in [0.29, 0.717) is 51.1 Å². The molecular weight excluding hydrogens is 526 g/mol. The average Bonchev–Trinajstić information content (AvgIpc) is 3.47. The highest BCUT2D eigenvalue weighted by Crippen LogP contribution is 2.40. The first-order chi connectivity index (χ1) is 20.0. The second-order valence-electron chi connectivity index (χ2n) is 9.19. The third-order valence-electron chi connectivity index (χ3n) is 6.72. The van der Waals surface area contributed by atoms with Crippen molar-refractivity contribution < 1.29 is 38.7 Å². The molecule has 0 unspecified atom stereocenters. The maximum atomic E-state index is 12.4. The zero-order valence-corrected chi connectivity index (χ0v) is 22.6. The second-order valence-corrected chi connectivity index (χ2v) is 9.19. The van der Waals surface area contributed by atoms with Gasteiger partial charge in [-0.05, 0) is 41.5 Å². The number of benzene rings is 3. The predicted octanol–water partition coefficient (Wildman–Crippen LogP) is 5.28. The van der Waals surface area contributed by atoms with Gasteiger partial charge in [-0.2, -0.15) is 0 Å². The third-order valence-corrected chi connectivity index (χ3v) is 6.72. The Morgan fingerprint density at radius 2 is 1.71 bits per heavy atom. The summed E-state index contributed by atoms with van der Waals surface area (Å²) in [5.41, 5.74) is 4.17. The van der Waals surface area contributed by atoms with Gasteiger partial charge in [0.25, 0.3) is 0 Å². The molecule has 1 aliphatic rings. The Morgan fingerprint density at radius 3 is 2.44 bits per heavy atom. The van der Waals surface area contributed by atoms with Crippen LogP contribution in [0.2, 0.25) is 0 Å². The summed E-state index contributed by atoms with van der Waals surface area (Å²) in [6.07, 6.45) is 3.32. The Labute approximate surface area is 237 Å². The Kier molecular flexibility index (Phi) is 8.36. The summed E-state index contributed by atoms with van der Waals surface area (Å²) >= 11 is 0. The Balaban J connectivity index is 1.52. The number of carboxylic acid groups (broad SMARTS) is 1. The fourth-order valence-electron chi connectivity index (χ4n) is 4.59. The van der Waals surface area contributed by atoms with Crippen LogP contribution in [0.25, 0.3) is 17.3 Å². The van der Waals surface area contributed by atoms with Crippen LogP contribution in [0.5, 0.6) is 28.7 Å². The van der Waals surface area contributed by atoms with Gasteiger partial charge in [0.1, 0.15) is 23.9 Å². The summed E-state index contributed by atoms with van der Waals surface area (Å²) in [4.78, 5) is 17.0. The molecule has 5 rings (SSSR count). The smallest absolute Gasteiger partial charge is 0.331 e. The first kappa shape index (κ1) is 27.5. The predicted molar refractivity (Wildman–Crippen MR) is 151 cm³/mol. The van der Waals surface area contributed by atoms with Gasteiger partial charge in [0.2, 0.25) is 6.79 Å². The number of nitrogens with zero attached hydrogens (tertiary/aromatic N) is 1. The molecule has 2 N–H and O–H groups in total. The number of aliphatic hydroxyl groups is 1. The molecule has 0 bridgehead atoms.